The summed E-state index contributed by atoms with van der Waals surface area (Å²) in [5, 5.41) is 12.2. The number of anilines is 1. The van der Waals surface area contributed by atoms with E-state index in [0.717, 1.165) is 5.69 Å². The molecule has 1 heterocycles. The van der Waals surface area contributed by atoms with Crippen LogP contribution < -0.4 is 5.32 Å². The number of hydrogen-bond acceptors (Lipinski definition) is 4. The van der Waals surface area contributed by atoms with Crippen LogP contribution in [0.4, 0.5) is 5.69 Å². The standard InChI is InChI=1S/C14H15N3O2/c1-9-3-4-11(5-10(9)2)16-7-13-12(14(18)19)6-15-8-17-13/h3-6,8,16H,7H2,1-2H3,(H,18,19). The normalized spacial score (nSPS) is 10.2. The molecule has 0 atom stereocenters. The quantitative estimate of drug-likeness (QED) is 0.879. The number of aromatic carboxylic acids is 1. The van der Waals surface area contributed by atoms with E-state index in [4.69, 9.17) is 5.11 Å². The number of aryl methyl sites for hydroxylation is 2. The first-order chi connectivity index (χ1) is 9.08. The number of nitrogens with zero attached hydrogens (tertiary/aromatic N) is 2. The number of benzene rings is 1. The SMILES string of the molecule is Cc1ccc(NCc2ncncc2C(=O)O)cc1C. The second-order valence-corrected chi connectivity index (χ2v) is 4.34. The van der Waals surface area contributed by atoms with E-state index in [1.807, 2.05) is 32.0 Å². The van der Waals surface area contributed by atoms with Crippen LogP contribution in [0.3, 0.4) is 0 Å². The highest BCUT2D eigenvalue weighted by Gasteiger charge is 2.10. The highest BCUT2D eigenvalue weighted by atomic mass is 16.4. The van der Waals surface area contributed by atoms with Crippen LogP contribution in [-0.2, 0) is 6.54 Å². The van der Waals surface area contributed by atoms with Gasteiger partial charge < -0.3 is 10.4 Å². The Morgan fingerprint density at radius 3 is 2.79 bits per heavy atom. The van der Waals surface area contributed by atoms with Crippen molar-refractivity contribution in [1.82, 2.24) is 9.97 Å². The Hall–Kier alpha value is -2.43. The molecule has 5 heteroatoms. The molecule has 19 heavy (non-hydrogen) atoms. The molecule has 0 bridgehead atoms. The largest absolute Gasteiger partial charge is 0.478 e. The summed E-state index contributed by atoms with van der Waals surface area (Å²) < 4.78 is 0. The Morgan fingerprint density at radius 2 is 2.11 bits per heavy atom. The lowest BCUT2D eigenvalue weighted by molar-refractivity contribution is 0.0694. The van der Waals surface area contributed by atoms with Crippen molar-refractivity contribution in [3.63, 3.8) is 0 Å². The summed E-state index contributed by atoms with van der Waals surface area (Å²) in [6.07, 6.45) is 2.66. The summed E-state index contributed by atoms with van der Waals surface area (Å²) in [5.74, 6) is -1.02. The predicted octanol–water partition coefficient (Wildman–Crippen LogP) is 2.40. The smallest absolute Gasteiger partial charge is 0.339 e. The first-order valence-electron chi connectivity index (χ1n) is 5.91. The van der Waals surface area contributed by atoms with E-state index in [0.29, 0.717) is 12.2 Å². The lowest BCUT2D eigenvalue weighted by Gasteiger charge is -2.09. The predicted molar refractivity (Wildman–Crippen MR) is 72.2 cm³/mol. The van der Waals surface area contributed by atoms with Gasteiger partial charge in [-0.3, -0.25) is 0 Å². The first kappa shape index (κ1) is 13.0. The summed E-state index contributed by atoms with van der Waals surface area (Å²) in [6, 6.07) is 6.01. The monoisotopic (exact) mass is 257 g/mol. The van der Waals surface area contributed by atoms with E-state index in [1.54, 1.807) is 0 Å². The lowest BCUT2D eigenvalue weighted by atomic mass is 10.1. The number of carboxylic acid groups (broad SMARTS) is 1. The third kappa shape index (κ3) is 3.07. The molecule has 0 aliphatic carbocycles. The topological polar surface area (TPSA) is 75.1 Å². The van der Waals surface area contributed by atoms with Gasteiger partial charge in [0.05, 0.1) is 12.2 Å². The van der Waals surface area contributed by atoms with Gasteiger partial charge in [0.2, 0.25) is 0 Å². The average molecular weight is 257 g/mol. The van der Waals surface area contributed by atoms with Gasteiger partial charge >= 0.3 is 5.97 Å². The van der Waals surface area contributed by atoms with Crippen LogP contribution in [0.2, 0.25) is 0 Å². The highest BCUT2D eigenvalue weighted by molar-refractivity contribution is 5.88. The van der Waals surface area contributed by atoms with Gasteiger partial charge in [-0.05, 0) is 37.1 Å². The molecule has 1 aromatic carbocycles. The third-order valence-electron chi connectivity index (χ3n) is 2.99. The van der Waals surface area contributed by atoms with Crippen molar-refractivity contribution in [2.24, 2.45) is 0 Å². The van der Waals surface area contributed by atoms with E-state index in [-0.39, 0.29) is 5.56 Å². The van der Waals surface area contributed by atoms with Crippen molar-refractivity contribution in [3.05, 3.63) is 53.1 Å². The zero-order valence-electron chi connectivity index (χ0n) is 10.8. The molecule has 2 aromatic rings. The molecular weight excluding hydrogens is 242 g/mol. The third-order valence-corrected chi connectivity index (χ3v) is 2.99. The molecule has 5 nitrogen and oxygen atoms in total. The summed E-state index contributed by atoms with van der Waals surface area (Å²) in [7, 11) is 0. The lowest BCUT2D eigenvalue weighted by Crippen LogP contribution is -2.10. The van der Waals surface area contributed by atoms with Crippen LogP contribution in [0.15, 0.2) is 30.7 Å². The molecule has 0 spiro atoms. The summed E-state index contributed by atoms with van der Waals surface area (Å²) in [5.41, 5.74) is 3.95. The minimum atomic E-state index is -1.02. The zero-order chi connectivity index (χ0) is 13.8. The van der Waals surface area contributed by atoms with Crippen molar-refractivity contribution < 1.29 is 9.90 Å². The Bertz CT molecular complexity index is 611. The van der Waals surface area contributed by atoms with Gasteiger partial charge in [0.1, 0.15) is 11.9 Å². The van der Waals surface area contributed by atoms with Crippen LogP contribution in [-0.4, -0.2) is 21.0 Å². The second kappa shape index (κ2) is 5.48. The van der Waals surface area contributed by atoms with Crippen molar-refractivity contribution in [1.29, 1.82) is 0 Å². The molecule has 0 radical (unpaired) electrons. The Balaban J connectivity index is 2.14. The van der Waals surface area contributed by atoms with E-state index >= 15 is 0 Å². The molecular formula is C14H15N3O2. The Morgan fingerprint density at radius 1 is 1.32 bits per heavy atom. The maximum Gasteiger partial charge on any atom is 0.339 e. The number of aromatic nitrogens is 2. The fourth-order valence-electron chi connectivity index (χ4n) is 1.71. The number of rotatable bonds is 4. The van der Waals surface area contributed by atoms with Gasteiger partial charge in [-0.25, -0.2) is 14.8 Å². The molecule has 0 aliphatic heterocycles. The van der Waals surface area contributed by atoms with Crippen LogP contribution in [0.25, 0.3) is 0 Å². The molecule has 0 saturated carbocycles. The van der Waals surface area contributed by atoms with Gasteiger partial charge in [0.15, 0.2) is 0 Å². The van der Waals surface area contributed by atoms with Gasteiger partial charge in [0, 0.05) is 11.9 Å². The van der Waals surface area contributed by atoms with Gasteiger partial charge in [-0.1, -0.05) is 6.07 Å². The van der Waals surface area contributed by atoms with Crippen molar-refractivity contribution >= 4 is 11.7 Å². The van der Waals surface area contributed by atoms with E-state index in [1.165, 1.54) is 23.7 Å². The second-order valence-electron chi connectivity index (χ2n) is 4.34. The van der Waals surface area contributed by atoms with Gasteiger partial charge in [-0.2, -0.15) is 0 Å². The number of nitrogens with one attached hydrogen (secondary N) is 1. The molecule has 2 N–H and O–H groups in total. The minimum Gasteiger partial charge on any atom is -0.478 e. The molecule has 98 valence electrons. The molecule has 0 aliphatic rings. The number of hydrogen-bond donors (Lipinski definition) is 2. The fraction of sp³-hybridized carbons (Fsp3) is 0.214. The molecule has 0 amide bonds. The van der Waals surface area contributed by atoms with Crippen molar-refractivity contribution in [3.8, 4) is 0 Å². The van der Waals surface area contributed by atoms with Crippen LogP contribution >= 0.6 is 0 Å². The van der Waals surface area contributed by atoms with Crippen LogP contribution in [0.1, 0.15) is 27.2 Å². The number of carboxylic acids is 1. The fourth-order valence-corrected chi connectivity index (χ4v) is 1.71. The molecule has 0 unspecified atom stereocenters. The average Bonchev–Trinajstić information content (AvgIpc) is 2.40. The van der Waals surface area contributed by atoms with Crippen molar-refractivity contribution in [2.45, 2.75) is 20.4 Å². The van der Waals surface area contributed by atoms with Gasteiger partial charge in [0.25, 0.3) is 0 Å². The van der Waals surface area contributed by atoms with E-state index < -0.39 is 5.97 Å². The Kier molecular flexibility index (Phi) is 3.75. The molecule has 2 rings (SSSR count). The van der Waals surface area contributed by atoms with Crippen LogP contribution in [0.5, 0.6) is 0 Å². The van der Waals surface area contributed by atoms with E-state index in [2.05, 4.69) is 15.3 Å². The van der Waals surface area contributed by atoms with Crippen LogP contribution in [0, 0.1) is 13.8 Å². The Labute approximate surface area is 111 Å². The summed E-state index contributed by atoms with van der Waals surface area (Å²) >= 11 is 0. The van der Waals surface area contributed by atoms with Crippen molar-refractivity contribution in [2.75, 3.05) is 5.32 Å². The minimum absolute atomic E-state index is 0.124. The van der Waals surface area contributed by atoms with E-state index in [9.17, 15) is 4.79 Å². The molecule has 0 saturated heterocycles. The molecule has 0 fully saturated rings. The maximum atomic E-state index is 11.0. The summed E-state index contributed by atoms with van der Waals surface area (Å²) in [6.45, 7) is 4.44. The molecule has 1 aromatic heterocycles. The highest BCUT2D eigenvalue weighted by Crippen LogP contribution is 2.15. The zero-order valence-corrected chi connectivity index (χ0v) is 10.8. The number of carbonyl (C=O) groups is 1. The van der Waals surface area contributed by atoms with Gasteiger partial charge in [-0.15, -0.1) is 0 Å². The maximum absolute atomic E-state index is 11.0. The summed E-state index contributed by atoms with van der Waals surface area (Å²) in [4.78, 5) is 18.8. The first-order valence-corrected chi connectivity index (χ1v) is 5.91.